The Labute approximate surface area is 140 Å². The first-order valence-corrected chi connectivity index (χ1v) is 9.68. The molecule has 6 unspecified atom stereocenters. The predicted molar refractivity (Wildman–Crippen MR) is 96.5 cm³/mol. The standard InChI is InChI=1S/C20H31N3/c1-2-4-6-16-8-10-18(22-16)14-20-12-11-19(23-20)13-17-9-7-15(21-17)5-3-1/h7-12,15-23H,1-6,13-14H2. The van der Waals surface area contributed by atoms with E-state index in [0.29, 0.717) is 36.3 Å². The molecular formula is C20H31N3. The van der Waals surface area contributed by atoms with Gasteiger partial charge in [0, 0.05) is 36.3 Å². The second kappa shape index (κ2) is 7.33. The van der Waals surface area contributed by atoms with Crippen LogP contribution in [0.25, 0.3) is 0 Å². The molecule has 4 heterocycles. The Bertz CT molecular complexity index is 439. The van der Waals surface area contributed by atoms with E-state index in [2.05, 4.69) is 52.4 Å². The molecule has 126 valence electrons. The van der Waals surface area contributed by atoms with Crippen LogP contribution < -0.4 is 16.0 Å². The summed E-state index contributed by atoms with van der Waals surface area (Å²) in [4.78, 5) is 0. The highest BCUT2D eigenvalue weighted by molar-refractivity contribution is 5.17. The number of hydrogen-bond donors (Lipinski definition) is 3. The highest BCUT2D eigenvalue weighted by Gasteiger charge is 2.26. The molecule has 0 aromatic carbocycles. The Morgan fingerprint density at radius 2 is 0.783 bits per heavy atom. The molecule has 4 aliphatic heterocycles. The quantitative estimate of drug-likeness (QED) is 0.602. The van der Waals surface area contributed by atoms with Crippen LogP contribution in [0.5, 0.6) is 0 Å². The van der Waals surface area contributed by atoms with Crippen LogP contribution in [0.1, 0.15) is 51.4 Å². The van der Waals surface area contributed by atoms with Crippen molar-refractivity contribution in [2.75, 3.05) is 0 Å². The molecule has 1 saturated heterocycles. The van der Waals surface area contributed by atoms with E-state index in [-0.39, 0.29) is 0 Å². The fraction of sp³-hybridized carbons (Fsp3) is 0.700. The molecule has 0 amide bonds. The molecule has 0 spiro atoms. The first-order valence-electron chi connectivity index (χ1n) is 9.68. The van der Waals surface area contributed by atoms with Crippen molar-refractivity contribution in [3.05, 3.63) is 36.5 Å². The van der Waals surface area contributed by atoms with Gasteiger partial charge in [-0.15, -0.1) is 0 Å². The monoisotopic (exact) mass is 313 g/mol. The van der Waals surface area contributed by atoms with E-state index < -0.39 is 0 Å². The highest BCUT2D eigenvalue weighted by Crippen LogP contribution is 2.21. The van der Waals surface area contributed by atoms with E-state index >= 15 is 0 Å². The minimum Gasteiger partial charge on any atom is -0.304 e. The van der Waals surface area contributed by atoms with Crippen molar-refractivity contribution in [3.8, 4) is 0 Å². The van der Waals surface area contributed by atoms with Crippen molar-refractivity contribution >= 4 is 0 Å². The Kier molecular flexibility index (Phi) is 4.98. The molecule has 3 nitrogen and oxygen atoms in total. The minimum absolute atomic E-state index is 0.526. The van der Waals surface area contributed by atoms with Crippen molar-refractivity contribution in [3.63, 3.8) is 0 Å². The van der Waals surface area contributed by atoms with E-state index in [9.17, 15) is 0 Å². The summed E-state index contributed by atoms with van der Waals surface area (Å²) in [6.07, 6.45) is 24.8. The molecule has 3 N–H and O–H groups in total. The van der Waals surface area contributed by atoms with Gasteiger partial charge in [-0.25, -0.2) is 0 Å². The Hall–Kier alpha value is -0.900. The average Bonchev–Trinajstić information content (AvgIpc) is 3.26. The molecule has 4 aliphatic rings. The van der Waals surface area contributed by atoms with Crippen molar-refractivity contribution < 1.29 is 0 Å². The number of hydrogen-bond acceptors (Lipinski definition) is 3. The molecule has 1 fully saturated rings. The van der Waals surface area contributed by atoms with Crippen LogP contribution in [-0.4, -0.2) is 36.3 Å². The van der Waals surface area contributed by atoms with Crippen molar-refractivity contribution in [2.45, 2.75) is 87.6 Å². The lowest BCUT2D eigenvalue weighted by Crippen LogP contribution is -2.40. The first-order chi connectivity index (χ1) is 11.3. The summed E-state index contributed by atoms with van der Waals surface area (Å²) in [6.45, 7) is 0. The Morgan fingerprint density at radius 1 is 0.435 bits per heavy atom. The molecule has 3 heteroatoms. The number of fused-ring (bicyclic) bond motifs is 6. The van der Waals surface area contributed by atoms with E-state index in [1.807, 2.05) is 0 Å². The molecule has 0 aromatic rings. The zero-order valence-corrected chi connectivity index (χ0v) is 14.1. The Morgan fingerprint density at radius 3 is 1.22 bits per heavy atom. The molecule has 0 saturated carbocycles. The lowest BCUT2D eigenvalue weighted by molar-refractivity contribution is 0.430. The first kappa shape index (κ1) is 15.6. The third-order valence-electron chi connectivity index (χ3n) is 5.81. The van der Waals surface area contributed by atoms with Crippen molar-refractivity contribution in [2.24, 2.45) is 0 Å². The summed E-state index contributed by atoms with van der Waals surface area (Å²) < 4.78 is 0. The minimum atomic E-state index is 0.526. The van der Waals surface area contributed by atoms with Gasteiger partial charge < -0.3 is 16.0 Å². The molecular weight excluding hydrogens is 282 g/mol. The molecule has 23 heavy (non-hydrogen) atoms. The molecule has 4 rings (SSSR count). The average molecular weight is 313 g/mol. The number of nitrogens with one attached hydrogen (secondary N) is 3. The lowest BCUT2D eigenvalue weighted by Gasteiger charge is -2.21. The summed E-state index contributed by atoms with van der Waals surface area (Å²) in [5.41, 5.74) is 0. The van der Waals surface area contributed by atoms with Crippen LogP contribution in [0.2, 0.25) is 0 Å². The van der Waals surface area contributed by atoms with Gasteiger partial charge in [-0.2, -0.15) is 0 Å². The molecule has 6 bridgehead atoms. The van der Waals surface area contributed by atoms with Gasteiger partial charge >= 0.3 is 0 Å². The SMILES string of the molecule is C1=CC2CC3C=CC(CC4C=CC(CCCCCCC1N2)N4)N3. The van der Waals surface area contributed by atoms with Crippen LogP contribution in [0.3, 0.4) is 0 Å². The van der Waals surface area contributed by atoms with Gasteiger partial charge in [0.1, 0.15) is 0 Å². The van der Waals surface area contributed by atoms with Crippen LogP contribution in [0.15, 0.2) is 36.5 Å². The van der Waals surface area contributed by atoms with Gasteiger partial charge in [-0.1, -0.05) is 62.1 Å². The molecule has 0 aliphatic carbocycles. The van der Waals surface area contributed by atoms with E-state index in [1.165, 1.54) is 51.4 Å². The topological polar surface area (TPSA) is 36.1 Å². The summed E-state index contributed by atoms with van der Waals surface area (Å²) in [5.74, 6) is 0. The van der Waals surface area contributed by atoms with Gasteiger partial charge in [-0.3, -0.25) is 0 Å². The second-order valence-corrected chi connectivity index (χ2v) is 7.76. The molecule has 6 atom stereocenters. The summed E-state index contributed by atoms with van der Waals surface area (Å²) in [5, 5.41) is 11.4. The lowest BCUT2D eigenvalue weighted by atomic mass is 10.0. The van der Waals surface area contributed by atoms with Crippen LogP contribution in [-0.2, 0) is 0 Å². The van der Waals surface area contributed by atoms with E-state index in [4.69, 9.17) is 0 Å². The maximum absolute atomic E-state index is 3.79. The molecule has 0 radical (unpaired) electrons. The third kappa shape index (κ3) is 4.14. The van der Waals surface area contributed by atoms with E-state index in [0.717, 1.165) is 0 Å². The van der Waals surface area contributed by atoms with Crippen LogP contribution in [0.4, 0.5) is 0 Å². The van der Waals surface area contributed by atoms with Crippen molar-refractivity contribution in [1.82, 2.24) is 16.0 Å². The Balaban J connectivity index is 1.36. The fourth-order valence-corrected chi connectivity index (χ4v) is 4.54. The fourth-order valence-electron chi connectivity index (χ4n) is 4.54. The largest absolute Gasteiger partial charge is 0.304 e. The van der Waals surface area contributed by atoms with Gasteiger partial charge in [0.2, 0.25) is 0 Å². The smallest absolute Gasteiger partial charge is 0.0274 e. The highest BCUT2D eigenvalue weighted by atomic mass is 15.0. The maximum Gasteiger partial charge on any atom is 0.0274 e. The van der Waals surface area contributed by atoms with Crippen LogP contribution >= 0.6 is 0 Å². The van der Waals surface area contributed by atoms with Gasteiger partial charge in [0.15, 0.2) is 0 Å². The summed E-state index contributed by atoms with van der Waals surface area (Å²) >= 11 is 0. The zero-order chi connectivity index (χ0) is 15.5. The second-order valence-electron chi connectivity index (χ2n) is 7.76. The summed E-state index contributed by atoms with van der Waals surface area (Å²) in [7, 11) is 0. The third-order valence-corrected chi connectivity index (χ3v) is 5.81. The predicted octanol–water partition coefficient (Wildman–Crippen LogP) is 2.81. The molecule has 0 aromatic heterocycles. The van der Waals surface area contributed by atoms with E-state index in [1.54, 1.807) is 0 Å². The normalized spacial score (nSPS) is 43.8. The zero-order valence-electron chi connectivity index (χ0n) is 14.1. The van der Waals surface area contributed by atoms with Crippen LogP contribution in [0, 0.1) is 0 Å². The van der Waals surface area contributed by atoms with Gasteiger partial charge in [-0.05, 0) is 25.7 Å². The van der Waals surface area contributed by atoms with Gasteiger partial charge in [0.05, 0.1) is 0 Å². The van der Waals surface area contributed by atoms with Gasteiger partial charge in [0.25, 0.3) is 0 Å². The van der Waals surface area contributed by atoms with Crippen molar-refractivity contribution in [1.29, 1.82) is 0 Å². The number of rotatable bonds is 0. The summed E-state index contributed by atoms with van der Waals surface area (Å²) in [6, 6.07) is 3.36. The maximum atomic E-state index is 3.79.